The summed E-state index contributed by atoms with van der Waals surface area (Å²) in [6, 6.07) is 9.89. The van der Waals surface area contributed by atoms with Crippen LogP contribution < -0.4 is 5.32 Å². The average Bonchev–Trinajstić information content (AvgIpc) is 3.18. The van der Waals surface area contributed by atoms with Crippen LogP contribution in [0.25, 0.3) is 11.4 Å². The van der Waals surface area contributed by atoms with Crippen molar-refractivity contribution in [2.24, 2.45) is 0 Å². The van der Waals surface area contributed by atoms with Crippen molar-refractivity contribution in [3.8, 4) is 11.4 Å². The van der Waals surface area contributed by atoms with E-state index in [9.17, 15) is 4.79 Å². The van der Waals surface area contributed by atoms with Gasteiger partial charge in [0.2, 0.25) is 5.91 Å². The SMILES string of the molecule is CCn1c(SCC(=O)Nc2cccc(C)c2)nnc1-c1csc(C)c1. The maximum absolute atomic E-state index is 12.2. The van der Waals surface area contributed by atoms with E-state index in [0.717, 1.165) is 34.3 Å². The molecule has 7 heteroatoms. The molecule has 25 heavy (non-hydrogen) atoms. The Kier molecular flexibility index (Phi) is 5.55. The maximum Gasteiger partial charge on any atom is 0.234 e. The van der Waals surface area contributed by atoms with Crippen molar-refractivity contribution in [3.05, 3.63) is 46.2 Å². The van der Waals surface area contributed by atoms with E-state index in [-0.39, 0.29) is 5.91 Å². The van der Waals surface area contributed by atoms with Crippen LogP contribution in [0.15, 0.2) is 40.9 Å². The molecule has 0 spiro atoms. The van der Waals surface area contributed by atoms with Gasteiger partial charge in [-0.2, -0.15) is 0 Å². The highest BCUT2D eigenvalue weighted by atomic mass is 32.2. The van der Waals surface area contributed by atoms with Gasteiger partial charge in [0, 0.05) is 28.1 Å². The van der Waals surface area contributed by atoms with Gasteiger partial charge in [0.25, 0.3) is 0 Å². The van der Waals surface area contributed by atoms with Crippen molar-refractivity contribution in [2.75, 3.05) is 11.1 Å². The molecule has 0 unspecified atom stereocenters. The Morgan fingerprint density at radius 3 is 2.80 bits per heavy atom. The fraction of sp³-hybridized carbons (Fsp3) is 0.278. The van der Waals surface area contributed by atoms with E-state index >= 15 is 0 Å². The molecule has 2 heterocycles. The molecule has 1 aromatic carbocycles. The van der Waals surface area contributed by atoms with E-state index in [1.165, 1.54) is 16.6 Å². The number of carbonyl (C=O) groups is 1. The summed E-state index contributed by atoms with van der Waals surface area (Å²) in [6.45, 7) is 6.90. The zero-order valence-corrected chi connectivity index (χ0v) is 16.1. The largest absolute Gasteiger partial charge is 0.325 e. The second kappa shape index (κ2) is 7.84. The Balaban J connectivity index is 1.67. The molecule has 0 aliphatic rings. The molecule has 3 rings (SSSR count). The first-order valence-corrected chi connectivity index (χ1v) is 9.91. The Morgan fingerprint density at radius 2 is 2.12 bits per heavy atom. The van der Waals surface area contributed by atoms with Gasteiger partial charge in [-0.15, -0.1) is 21.5 Å². The van der Waals surface area contributed by atoms with Gasteiger partial charge >= 0.3 is 0 Å². The molecule has 0 saturated carbocycles. The Hall–Kier alpha value is -2.12. The van der Waals surface area contributed by atoms with Gasteiger partial charge in [-0.25, -0.2) is 0 Å². The van der Waals surface area contributed by atoms with Crippen LogP contribution >= 0.6 is 23.1 Å². The standard InChI is InChI=1S/C18H20N4OS2/c1-4-22-17(14-9-13(3)24-10-14)20-21-18(22)25-11-16(23)19-15-7-5-6-12(2)8-15/h5-10H,4,11H2,1-3H3,(H,19,23). The summed E-state index contributed by atoms with van der Waals surface area (Å²) in [7, 11) is 0. The molecular weight excluding hydrogens is 352 g/mol. The Morgan fingerprint density at radius 1 is 1.28 bits per heavy atom. The lowest BCUT2D eigenvalue weighted by molar-refractivity contribution is -0.113. The van der Waals surface area contributed by atoms with Crippen molar-refractivity contribution >= 4 is 34.7 Å². The number of hydrogen-bond acceptors (Lipinski definition) is 5. The second-order valence-electron chi connectivity index (χ2n) is 5.70. The van der Waals surface area contributed by atoms with Crippen molar-refractivity contribution < 1.29 is 4.79 Å². The lowest BCUT2D eigenvalue weighted by Gasteiger charge is -2.07. The van der Waals surface area contributed by atoms with Gasteiger partial charge in [-0.05, 0) is 44.5 Å². The summed E-state index contributed by atoms with van der Waals surface area (Å²) in [5, 5.41) is 14.3. The van der Waals surface area contributed by atoms with Crippen LogP contribution in [0, 0.1) is 13.8 Å². The van der Waals surface area contributed by atoms with Crippen molar-refractivity contribution in [1.29, 1.82) is 0 Å². The van der Waals surface area contributed by atoms with Gasteiger partial charge < -0.3 is 9.88 Å². The van der Waals surface area contributed by atoms with Crippen LogP contribution in [-0.2, 0) is 11.3 Å². The number of thiophene rings is 1. The minimum Gasteiger partial charge on any atom is -0.325 e. The van der Waals surface area contributed by atoms with Gasteiger partial charge in [0.1, 0.15) is 0 Å². The summed E-state index contributed by atoms with van der Waals surface area (Å²) in [4.78, 5) is 13.4. The second-order valence-corrected chi connectivity index (χ2v) is 7.76. The predicted molar refractivity (Wildman–Crippen MR) is 104 cm³/mol. The first kappa shape index (κ1) is 17.7. The third-order valence-corrected chi connectivity index (χ3v) is 5.48. The number of benzene rings is 1. The predicted octanol–water partition coefficient (Wildman–Crippen LogP) is 4.37. The van der Waals surface area contributed by atoms with Gasteiger partial charge in [0.05, 0.1) is 5.75 Å². The van der Waals surface area contributed by atoms with Crippen LogP contribution in [0.2, 0.25) is 0 Å². The number of rotatable bonds is 6. The number of aromatic nitrogens is 3. The number of hydrogen-bond donors (Lipinski definition) is 1. The first-order valence-electron chi connectivity index (χ1n) is 8.05. The van der Waals surface area contributed by atoms with E-state index in [4.69, 9.17) is 0 Å². The summed E-state index contributed by atoms with van der Waals surface area (Å²) in [5.41, 5.74) is 3.01. The number of thioether (sulfide) groups is 1. The monoisotopic (exact) mass is 372 g/mol. The van der Waals surface area contributed by atoms with Crippen LogP contribution in [0.3, 0.4) is 0 Å². The van der Waals surface area contributed by atoms with Gasteiger partial charge in [-0.3, -0.25) is 4.79 Å². The van der Waals surface area contributed by atoms with Crippen molar-refractivity contribution in [2.45, 2.75) is 32.5 Å². The lowest BCUT2D eigenvalue weighted by Crippen LogP contribution is -2.14. The van der Waals surface area contributed by atoms with Gasteiger partial charge in [0.15, 0.2) is 11.0 Å². The number of aryl methyl sites for hydroxylation is 2. The summed E-state index contributed by atoms with van der Waals surface area (Å²) in [5.74, 6) is 1.11. The van der Waals surface area contributed by atoms with Crippen molar-refractivity contribution in [1.82, 2.24) is 14.8 Å². The molecule has 3 aromatic rings. The quantitative estimate of drug-likeness (QED) is 0.653. The number of nitrogens with one attached hydrogen (secondary N) is 1. The maximum atomic E-state index is 12.2. The molecule has 0 fully saturated rings. The van der Waals surface area contributed by atoms with Crippen LogP contribution in [0.5, 0.6) is 0 Å². The minimum absolute atomic E-state index is 0.0471. The Labute approximate surface area is 155 Å². The summed E-state index contributed by atoms with van der Waals surface area (Å²) < 4.78 is 2.05. The van der Waals surface area contributed by atoms with Crippen LogP contribution in [0.4, 0.5) is 5.69 Å². The highest BCUT2D eigenvalue weighted by Gasteiger charge is 2.15. The number of nitrogens with zero attached hydrogens (tertiary/aromatic N) is 3. The molecule has 5 nitrogen and oxygen atoms in total. The highest BCUT2D eigenvalue weighted by molar-refractivity contribution is 7.99. The van der Waals surface area contributed by atoms with E-state index in [2.05, 4.69) is 40.8 Å². The first-order chi connectivity index (χ1) is 12.1. The number of carbonyl (C=O) groups excluding carboxylic acids is 1. The number of anilines is 1. The third kappa shape index (κ3) is 4.29. The number of amides is 1. The third-order valence-electron chi connectivity index (χ3n) is 3.66. The molecule has 130 valence electrons. The molecule has 1 N–H and O–H groups in total. The summed E-state index contributed by atoms with van der Waals surface area (Å²) >= 11 is 3.10. The average molecular weight is 373 g/mol. The molecule has 2 aromatic heterocycles. The van der Waals surface area contributed by atoms with Crippen molar-refractivity contribution in [3.63, 3.8) is 0 Å². The van der Waals surface area contributed by atoms with E-state index < -0.39 is 0 Å². The molecule has 0 atom stereocenters. The van der Waals surface area contributed by atoms with E-state index in [1.807, 2.05) is 35.8 Å². The molecule has 0 radical (unpaired) electrons. The molecule has 1 amide bonds. The fourth-order valence-corrected chi connectivity index (χ4v) is 3.99. The zero-order valence-electron chi connectivity index (χ0n) is 14.4. The van der Waals surface area contributed by atoms with Crippen LogP contribution in [-0.4, -0.2) is 26.4 Å². The summed E-state index contributed by atoms with van der Waals surface area (Å²) in [6.07, 6.45) is 0. The molecular formula is C18H20N4OS2. The molecule has 0 aliphatic heterocycles. The Bertz CT molecular complexity index is 885. The van der Waals surface area contributed by atoms with Gasteiger partial charge in [-0.1, -0.05) is 23.9 Å². The smallest absolute Gasteiger partial charge is 0.234 e. The van der Waals surface area contributed by atoms with E-state index in [0.29, 0.717) is 5.75 Å². The van der Waals surface area contributed by atoms with E-state index in [1.54, 1.807) is 11.3 Å². The lowest BCUT2D eigenvalue weighted by atomic mass is 10.2. The highest BCUT2D eigenvalue weighted by Crippen LogP contribution is 2.27. The molecule has 0 aliphatic carbocycles. The topological polar surface area (TPSA) is 59.8 Å². The zero-order chi connectivity index (χ0) is 17.8. The fourth-order valence-electron chi connectivity index (χ4n) is 2.50. The molecule has 0 bridgehead atoms. The van der Waals surface area contributed by atoms with Crippen LogP contribution in [0.1, 0.15) is 17.4 Å². The molecule has 0 saturated heterocycles. The normalized spacial score (nSPS) is 10.8. The minimum atomic E-state index is -0.0471.